The van der Waals surface area contributed by atoms with Crippen molar-refractivity contribution in [3.8, 4) is 0 Å². The summed E-state index contributed by atoms with van der Waals surface area (Å²) in [6, 6.07) is -0.728. The van der Waals surface area contributed by atoms with Crippen molar-refractivity contribution < 1.29 is 19.1 Å². The summed E-state index contributed by atoms with van der Waals surface area (Å²) < 4.78 is 9.80. The molecule has 0 radical (unpaired) electrons. The van der Waals surface area contributed by atoms with Crippen molar-refractivity contribution in [3.63, 3.8) is 0 Å². The second-order valence-corrected chi connectivity index (χ2v) is 6.10. The summed E-state index contributed by atoms with van der Waals surface area (Å²) in [5, 5.41) is 5.29. The van der Waals surface area contributed by atoms with Crippen molar-refractivity contribution in [2.45, 2.75) is 40.3 Å². The normalized spacial score (nSPS) is 11.9. The van der Waals surface area contributed by atoms with Crippen LogP contribution >= 0.6 is 11.3 Å². The second kappa shape index (κ2) is 9.34. The average Bonchev–Trinajstić information content (AvgIpc) is 2.99. The Morgan fingerprint density at radius 2 is 2.00 bits per heavy atom. The van der Waals surface area contributed by atoms with Gasteiger partial charge in [-0.25, -0.2) is 14.6 Å². The van der Waals surface area contributed by atoms with E-state index in [1.165, 1.54) is 18.4 Å². The van der Waals surface area contributed by atoms with Gasteiger partial charge >= 0.3 is 12.1 Å². The van der Waals surface area contributed by atoms with Crippen LogP contribution in [0.5, 0.6) is 0 Å². The van der Waals surface area contributed by atoms with Crippen molar-refractivity contribution in [2.75, 3.05) is 25.1 Å². The van der Waals surface area contributed by atoms with Crippen LogP contribution < -0.4 is 10.2 Å². The number of alkyl carbamates (subject to hydrolysis) is 1. The predicted octanol–water partition coefficient (Wildman–Crippen LogP) is 2.41. The highest BCUT2D eigenvalue weighted by atomic mass is 32.1. The molecule has 0 aliphatic rings. The van der Waals surface area contributed by atoms with E-state index < -0.39 is 18.1 Å². The van der Waals surface area contributed by atoms with Crippen molar-refractivity contribution in [1.29, 1.82) is 0 Å². The molecule has 130 valence electrons. The highest BCUT2D eigenvalue weighted by molar-refractivity contribution is 7.13. The minimum atomic E-state index is -0.728. The SMILES string of the molecule is CCN(CC)c1nc(COC(=O)NC(C(=O)OC)C(C)C)cs1. The molecule has 8 heteroatoms. The van der Waals surface area contributed by atoms with Gasteiger partial charge in [0.25, 0.3) is 0 Å². The van der Waals surface area contributed by atoms with Crippen LogP contribution in [0.15, 0.2) is 5.38 Å². The first-order valence-electron chi connectivity index (χ1n) is 7.63. The minimum Gasteiger partial charge on any atom is -0.467 e. The van der Waals surface area contributed by atoms with E-state index >= 15 is 0 Å². The number of nitrogens with zero attached hydrogens (tertiary/aromatic N) is 2. The number of thiazole rings is 1. The molecule has 1 rings (SSSR count). The Hall–Kier alpha value is -1.83. The predicted molar refractivity (Wildman–Crippen MR) is 89.6 cm³/mol. The Morgan fingerprint density at radius 1 is 1.35 bits per heavy atom. The number of anilines is 1. The fraction of sp³-hybridized carbons (Fsp3) is 0.667. The van der Waals surface area contributed by atoms with Crippen LogP contribution in [-0.4, -0.2) is 43.3 Å². The molecule has 1 amide bonds. The summed E-state index contributed by atoms with van der Waals surface area (Å²) in [6.07, 6.45) is -0.661. The quantitative estimate of drug-likeness (QED) is 0.730. The topological polar surface area (TPSA) is 80.8 Å². The third-order valence-corrected chi connectivity index (χ3v) is 4.27. The van der Waals surface area contributed by atoms with Crippen LogP contribution in [0.25, 0.3) is 0 Å². The molecular weight excluding hydrogens is 318 g/mol. The van der Waals surface area contributed by atoms with E-state index in [0.29, 0.717) is 5.69 Å². The number of carbonyl (C=O) groups excluding carboxylic acids is 2. The molecular formula is C15H25N3O4S. The van der Waals surface area contributed by atoms with Crippen LogP contribution in [-0.2, 0) is 20.9 Å². The van der Waals surface area contributed by atoms with Crippen LogP contribution in [0, 0.1) is 5.92 Å². The van der Waals surface area contributed by atoms with E-state index in [1.54, 1.807) is 0 Å². The fourth-order valence-corrected chi connectivity index (χ4v) is 2.87. The van der Waals surface area contributed by atoms with Gasteiger partial charge in [-0.2, -0.15) is 0 Å². The van der Waals surface area contributed by atoms with E-state index in [-0.39, 0.29) is 12.5 Å². The summed E-state index contributed by atoms with van der Waals surface area (Å²) in [7, 11) is 1.29. The zero-order valence-corrected chi connectivity index (χ0v) is 15.1. The molecule has 1 aromatic rings. The molecule has 1 atom stereocenters. The molecule has 0 bridgehead atoms. The summed E-state index contributed by atoms with van der Waals surface area (Å²) in [5.74, 6) is -0.585. The molecule has 1 unspecified atom stereocenters. The number of rotatable bonds is 8. The number of esters is 1. The summed E-state index contributed by atoms with van der Waals surface area (Å²) >= 11 is 1.51. The first-order chi connectivity index (χ1) is 10.9. The third kappa shape index (κ3) is 5.70. The zero-order chi connectivity index (χ0) is 17.4. The Kier molecular flexibility index (Phi) is 7.80. The van der Waals surface area contributed by atoms with Crippen molar-refractivity contribution in [2.24, 2.45) is 5.92 Å². The highest BCUT2D eigenvalue weighted by Crippen LogP contribution is 2.20. The molecule has 0 aromatic carbocycles. The summed E-state index contributed by atoms with van der Waals surface area (Å²) in [6.45, 7) is 9.58. The van der Waals surface area contributed by atoms with Gasteiger partial charge in [-0.3, -0.25) is 0 Å². The molecule has 0 saturated carbocycles. The molecule has 0 fully saturated rings. The van der Waals surface area contributed by atoms with Crippen molar-refractivity contribution >= 4 is 28.5 Å². The van der Waals surface area contributed by atoms with Gasteiger partial charge in [0.05, 0.1) is 12.8 Å². The van der Waals surface area contributed by atoms with E-state index in [2.05, 4.69) is 33.8 Å². The molecule has 0 aliphatic heterocycles. The fourth-order valence-electron chi connectivity index (χ4n) is 1.93. The molecule has 1 N–H and O–H groups in total. The Bertz CT molecular complexity index is 515. The Morgan fingerprint density at radius 3 is 2.52 bits per heavy atom. The van der Waals surface area contributed by atoms with Gasteiger partial charge in [-0.1, -0.05) is 13.8 Å². The van der Waals surface area contributed by atoms with Crippen molar-refractivity contribution in [1.82, 2.24) is 10.3 Å². The van der Waals surface area contributed by atoms with E-state index in [9.17, 15) is 9.59 Å². The third-order valence-electron chi connectivity index (χ3n) is 3.32. The number of hydrogen-bond acceptors (Lipinski definition) is 7. The number of carbonyl (C=O) groups is 2. The maximum atomic E-state index is 11.8. The number of nitrogens with one attached hydrogen (secondary N) is 1. The largest absolute Gasteiger partial charge is 0.467 e. The summed E-state index contributed by atoms with van der Waals surface area (Å²) in [4.78, 5) is 30.0. The lowest BCUT2D eigenvalue weighted by molar-refractivity contribution is -0.144. The number of amides is 1. The van der Waals surface area contributed by atoms with Gasteiger partial charge in [0.2, 0.25) is 0 Å². The Balaban J connectivity index is 2.54. The minimum absolute atomic E-state index is 0.0651. The van der Waals surface area contributed by atoms with Crippen LogP contribution in [0.3, 0.4) is 0 Å². The molecule has 1 aromatic heterocycles. The average molecular weight is 343 g/mol. The Labute approximate surface area is 141 Å². The van der Waals surface area contributed by atoms with E-state index in [0.717, 1.165) is 18.2 Å². The lowest BCUT2D eigenvalue weighted by atomic mass is 10.1. The van der Waals surface area contributed by atoms with E-state index in [1.807, 2.05) is 19.2 Å². The first kappa shape index (κ1) is 19.2. The molecule has 7 nitrogen and oxygen atoms in total. The number of methoxy groups -OCH3 is 1. The maximum absolute atomic E-state index is 11.8. The smallest absolute Gasteiger partial charge is 0.408 e. The highest BCUT2D eigenvalue weighted by Gasteiger charge is 2.25. The molecule has 0 spiro atoms. The van der Waals surface area contributed by atoms with Crippen LogP contribution in [0.2, 0.25) is 0 Å². The van der Waals surface area contributed by atoms with Gasteiger partial charge in [0, 0.05) is 18.5 Å². The van der Waals surface area contributed by atoms with Crippen LogP contribution in [0.1, 0.15) is 33.4 Å². The summed E-state index contributed by atoms with van der Waals surface area (Å²) in [5.41, 5.74) is 0.686. The van der Waals surface area contributed by atoms with Crippen LogP contribution in [0.4, 0.5) is 9.93 Å². The van der Waals surface area contributed by atoms with E-state index in [4.69, 9.17) is 4.74 Å². The van der Waals surface area contributed by atoms with Gasteiger partial charge < -0.3 is 19.7 Å². The lowest BCUT2D eigenvalue weighted by Gasteiger charge is -2.19. The van der Waals surface area contributed by atoms with Crippen molar-refractivity contribution in [3.05, 3.63) is 11.1 Å². The molecule has 0 saturated heterocycles. The molecule has 0 aliphatic carbocycles. The van der Waals surface area contributed by atoms with Gasteiger partial charge in [-0.05, 0) is 19.8 Å². The molecule has 23 heavy (non-hydrogen) atoms. The van der Waals surface area contributed by atoms with Gasteiger partial charge in [0.1, 0.15) is 12.6 Å². The monoisotopic (exact) mass is 343 g/mol. The first-order valence-corrected chi connectivity index (χ1v) is 8.51. The number of ether oxygens (including phenoxy) is 2. The lowest BCUT2D eigenvalue weighted by Crippen LogP contribution is -2.45. The molecule has 1 heterocycles. The maximum Gasteiger partial charge on any atom is 0.408 e. The standard InChI is InChI=1S/C15H25N3O4S/c1-6-18(7-2)14-16-11(9-23-14)8-22-15(20)17-12(10(3)4)13(19)21-5/h9-10,12H,6-8H2,1-5H3,(H,17,20). The second-order valence-electron chi connectivity index (χ2n) is 5.26. The van der Waals surface area contributed by atoms with Gasteiger partial charge in [-0.15, -0.1) is 11.3 Å². The van der Waals surface area contributed by atoms with Gasteiger partial charge in [0.15, 0.2) is 5.13 Å². The number of aromatic nitrogens is 1. The zero-order valence-electron chi connectivity index (χ0n) is 14.3. The number of hydrogen-bond donors (Lipinski definition) is 1.